The molecule has 86 valence electrons. The van der Waals surface area contributed by atoms with E-state index < -0.39 is 0 Å². The Kier molecular flexibility index (Phi) is 8.79. The number of hydrogen-bond acceptors (Lipinski definition) is 2. The Morgan fingerprint density at radius 3 is 1.25 bits per heavy atom. The average Bonchev–Trinajstić information content (AvgIpc) is 2.34. The third-order valence-corrected chi connectivity index (χ3v) is 1.62. The molecule has 0 saturated heterocycles. The van der Waals surface area contributed by atoms with E-state index in [1.54, 1.807) is 12.4 Å². The second-order valence-electron chi connectivity index (χ2n) is 3.06. The van der Waals surface area contributed by atoms with Gasteiger partial charge >= 0.3 is 0 Å². The van der Waals surface area contributed by atoms with Gasteiger partial charge in [0.1, 0.15) is 0 Å². The van der Waals surface area contributed by atoms with Crippen LogP contribution < -0.4 is 0 Å². The van der Waals surface area contributed by atoms with Crippen LogP contribution in [0.25, 0.3) is 0 Å². The number of hydrogen-bond donors (Lipinski definition) is 0. The van der Waals surface area contributed by atoms with Gasteiger partial charge in [-0.2, -0.15) is 0 Å². The molecule has 0 amide bonds. The molecule has 0 unspecified atom stereocenters. The van der Waals surface area contributed by atoms with E-state index in [0.29, 0.717) is 0 Å². The fraction of sp³-hybridized carbons (Fsp3) is 0.286. The van der Waals surface area contributed by atoms with Gasteiger partial charge < -0.3 is 0 Å². The molecule has 0 spiro atoms. The van der Waals surface area contributed by atoms with Crippen molar-refractivity contribution in [3.63, 3.8) is 0 Å². The fourth-order valence-electron chi connectivity index (χ4n) is 0.896. The van der Waals surface area contributed by atoms with E-state index in [2.05, 4.69) is 9.97 Å². The van der Waals surface area contributed by atoms with Gasteiger partial charge in [0, 0.05) is 24.8 Å². The van der Waals surface area contributed by atoms with Crippen molar-refractivity contribution in [3.05, 3.63) is 60.2 Å². The standard InChI is InChI=1S/2C6H7N.C2H6/c2*1-6-3-2-4-7-5-6;1-2/h2*2-5H,1H3;1-2H3. The van der Waals surface area contributed by atoms with E-state index in [1.165, 1.54) is 11.1 Å². The van der Waals surface area contributed by atoms with Crippen LogP contribution in [0.15, 0.2) is 49.1 Å². The zero-order valence-electron chi connectivity index (χ0n) is 10.5. The number of nitrogens with zero attached hydrogens (tertiary/aromatic N) is 2. The zero-order chi connectivity index (χ0) is 12.2. The first kappa shape index (κ1) is 14.3. The lowest BCUT2D eigenvalue weighted by molar-refractivity contribution is 1.27. The maximum Gasteiger partial charge on any atom is 0.0297 e. The Balaban J connectivity index is 0.000000244. The molecular formula is C14H20N2. The Labute approximate surface area is 98.4 Å². The molecule has 0 aromatic carbocycles. The van der Waals surface area contributed by atoms with Crippen LogP contribution in [0.1, 0.15) is 25.0 Å². The van der Waals surface area contributed by atoms with E-state index in [0.717, 1.165) is 0 Å². The van der Waals surface area contributed by atoms with Crippen molar-refractivity contribution in [2.75, 3.05) is 0 Å². The summed E-state index contributed by atoms with van der Waals surface area (Å²) in [4.78, 5) is 7.77. The molecule has 0 atom stereocenters. The molecule has 0 N–H and O–H groups in total. The summed E-state index contributed by atoms with van der Waals surface area (Å²) in [5, 5.41) is 0. The third kappa shape index (κ3) is 7.68. The Morgan fingerprint density at radius 1 is 0.750 bits per heavy atom. The lowest BCUT2D eigenvalue weighted by Crippen LogP contribution is -1.69. The van der Waals surface area contributed by atoms with E-state index in [-0.39, 0.29) is 0 Å². The molecule has 2 heterocycles. The number of rotatable bonds is 0. The van der Waals surface area contributed by atoms with Crippen LogP contribution in [-0.4, -0.2) is 9.97 Å². The summed E-state index contributed by atoms with van der Waals surface area (Å²) in [5.74, 6) is 0. The molecule has 0 aliphatic carbocycles. The SMILES string of the molecule is CC.Cc1cccnc1.Cc1cccnc1. The minimum Gasteiger partial charge on any atom is -0.264 e. The minimum absolute atomic E-state index is 1.21. The molecule has 0 fully saturated rings. The maximum atomic E-state index is 3.88. The molecule has 2 aromatic heterocycles. The summed E-state index contributed by atoms with van der Waals surface area (Å²) < 4.78 is 0. The van der Waals surface area contributed by atoms with Crippen LogP contribution in [0, 0.1) is 13.8 Å². The first-order chi connectivity index (χ1) is 7.79. The molecule has 0 saturated carbocycles. The predicted octanol–water partition coefficient (Wildman–Crippen LogP) is 3.81. The van der Waals surface area contributed by atoms with E-state index in [9.17, 15) is 0 Å². The molecular weight excluding hydrogens is 196 g/mol. The molecule has 2 nitrogen and oxygen atoms in total. The third-order valence-electron chi connectivity index (χ3n) is 1.62. The van der Waals surface area contributed by atoms with E-state index >= 15 is 0 Å². The van der Waals surface area contributed by atoms with Gasteiger partial charge in [-0.15, -0.1) is 0 Å². The quantitative estimate of drug-likeness (QED) is 0.669. The van der Waals surface area contributed by atoms with E-state index in [1.807, 2.05) is 64.4 Å². The fourth-order valence-corrected chi connectivity index (χ4v) is 0.896. The van der Waals surface area contributed by atoms with Crippen LogP contribution in [0.4, 0.5) is 0 Å². The normalized spacial score (nSPS) is 8.00. The summed E-state index contributed by atoms with van der Waals surface area (Å²) in [6.45, 7) is 8.04. The Hall–Kier alpha value is -1.70. The lowest BCUT2D eigenvalue weighted by atomic mass is 10.3. The van der Waals surface area contributed by atoms with Crippen molar-refractivity contribution < 1.29 is 0 Å². The minimum atomic E-state index is 1.21. The molecule has 2 aromatic rings. The van der Waals surface area contributed by atoms with Crippen LogP contribution in [0.2, 0.25) is 0 Å². The molecule has 0 aliphatic heterocycles. The lowest BCUT2D eigenvalue weighted by Gasteiger charge is -1.82. The maximum absolute atomic E-state index is 3.88. The molecule has 0 aliphatic rings. The highest BCUT2D eigenvalue weighted by Gasteiger charge is 1.73. The smallest absolute Gasteiger partial charge is 0.0297 e. The summed E-state index contributed by atoms with van der Waals surface area (Å²) in [6.07, 6.45) is 7.21. The monoisotopic (exact) mass is 216 g/mol. The second kappa shape index (κ2) is 9.84. The van der Waals surface area contributed by atoms with Gasteiger partial charge in [-0.05, 0) is 37.1 Å². The van der Waals surface area contributed by atoms with Crippen molar-refractivity contribution in [2.24, 2.45) is 0 Å². The first-order valence-corrected chi connectivity index (χ1v) is 5.52. The molecule has 0 bridgehead atoms. The van der Waals surface area contributed by atoms with Crippen LogP contribution in [0.3, 0.4) is 0 Å². The highest BCUT2D eigenvalue weighted by Crippen LogP contribution is 1.88. The van der Waals surface area contributed by atoms with Gasteiger partial charge in [-0.25, -0.2) is 0 Å². The second-order valence-corrected chi connectivity index (χ2v) is 3.06. The first-order valence-electron chi connectivity index (χ1n) is 5.52. The van der Waals surface area contributed by atoms with Crippen LogP contribution in [-0.2, 0) is 0 Å². The van der Waals surface area contributed by atoms with Crippen LogP contribution in [0.5, 0.6) is 0 Å². The van der Waals surface area contributed by atoms with Gasteiger partial charge in [0.25, 0.3) is 0 Å². The zero-order valence-corrected chi connectivity index (χ0v) is 10.5. The Morgan fingerprint density at radius 2 is 1.12 bits per heavy atom. The highest BCUT2D eigenvalue weighted by atomic mass is 14.6. The average molecular weight is 216 g/mol. The van der Waals surface area contributed by atoms with Gasteiger partial charge in [-0.1, -0.05) is 26.0 Å². The molecule has 2 heteroatoms. The topological polar surface area (TPSA) is 25.8 Å². The summed E-state index contributed by atoms with van der Waals surface area (Å²) in [5.41, 5.74) is 2.42. The number of aryl methyl sites for hydroxylation is 2. The summed E-state index contributed by atoms with van der Waals surface area (Å²) >= 11 is 0. The number of pyridine rings is 2. The summed E-state index contributed by atoms with van der Waals surface area (Å²) in [6, 6.07) is 7.89. The summed E-state index contributed by atoms with van der Waals surface area (Å²) in [7, 11) is 0. The molecule has 2 rings (SSSR count). The highest BCUT2D eigenvalue weighted by molar-refractivity contribution is 5.05. The van der Waals surface area contributed by atoms with Gasteiger partial charge in [0.15, 0.2) is 0 Å². The van der Waals surface area contributed by atoms with E-state index in [4.69, 9.17) is 0 Å². The van der Waals surface area contributed by atoms with Crippen molar-refractivity contribution >= 4 is 0 Å². The van der Waals surface area contributed by atoms with Crippen LogP contribution >= 0.6 is 0 Å². The van der Waals surface area contributed by atoms with Gasteiger partial charge in [0.05, 0.1) is 0 Å². The van der Waals surface area contributed by atoms with Gasteiger partial charge in [0.2, 0.25) is 0 Å². The largest absolute Gasteiger partial charge is 0.264 e. The van der Waals surface area contributed by atoms with Crippen molar-refractivity contribution in [3.8, 4) is 0 Å². The van der Waals surface area contributed by atoms with Crippen molar-refractivity contribution in [2.45, 2.75) is 27.7 Å². The number of aromatic nitrogens is 2. The molecule has 0 radical (unpaired) electrons. The van der Waals surface area contributed by atoms with Crippen molar-refractivity contribution in [1.29, 1.82) is 0 Å². The molecule has 16 heavy (non-hydrogen) atoms. The van der Waals surface area contributed by atoms with Crippen molar-refractivity contribution in [1.82, 2.24) is 9.97 Å². The predicted molar refractivity (Wildman–Crippen MR) is 69.3 cm³/mol. The Bertz CT molecular complexity index is 306. The van der Waals surface area contributed by atoms with Gasteiger partial charge in [-0.3, -0.25) is 9.97 Å².